The Hall–Kier alpha value is -1.39. The van der Waals surface area contributed by atoms with E-state index in [0.29, 0.717) is 30.1 Å². The van der Waals surface area contributed by atoms with Crippen LogP contribution in [0.4, 0.5) is 0 Å². The topological polar surface area (TPSA) is 69.7 Å². The van der Waals surface area contributed by atoms with Crippen LogP contribution >= 0.6 is 0 Å². The van der Waals surface area contributed by atoms with E-state index in [9.17, 15) is 14.4 Å². The van der Waals surface area contributed by atoms with Crippen molar-refractivity contribution in [2.75, 3.05) is 0 Å². The zero-order valence-corrected chi connectivity index (χ0v) is 17.7. The van der Waals surface area contributed by atoms with E-state index < -0.39 is 6.10 Å². The van der Waals surface area contributed by atoms with Crippen molar-refractivity contribution in [1.82, 2.24) is 0 Å². The second kappa shape index (κ2) is 6.84. The molecule has 5 heteroatoms. The largest absolute Gasteiger partial charge is 0.463 e. The SMILES string of the molecule is CC(=O)O[C@@H]1CC[C@@]2(C)[C@@H](CC[C@@H]3[C@H]2CC[C@]2(C)[C@H](OC(C)=O)C(=O)C[C@H]32)C1. The highest BCUT2D eigenvalue weighted by Crippen LogP contribution is 2.66. The van der Waals surface area contributed by atoms with Gasteiger partial charge in [-0.05, 0) is 74.0 Å². The summed E-state index contributed by atoms with van der Waals surface area (Å²) in [5.41, 5.74) is 0.0610. The number of rotatable bonds is 2. The van der Waals surface area contributed by atoms with E-state index in [1.807, 2.05) is 0 Å². The van der Waals surface area contributed by atoms with Crippen LogP contribution in [0.5, 0.6) is 0 Å². The lowest BCUT2D eigenvalue weighted by atomic mass is 9.45. The molecule has 0 unspecified atom stereocenters. The van der Waals surface area contributed by atoms with Gasteiger partial charge in [-0.3, -0.25) is 14.4 Å². The first-order valence-corrected chi connectivity index (χ1v) is 11.0. The van der Waals surface area contributed by atoms with Crippen LogP contribution in [0.1, 0.15) is 79.1 Å². The van der Waals surface area contributed by atoms with Gasteiger partial charge in [0, 0.05) is 25.7 Å². The van der Waals surface area contributed by atoms with Crippen molar-refractivity contribution in [3.63, 3.8) is 0 Å². The first-order chi connectivity index (χ1) is 13.1. The molecular formula is C23H34O5. The Morgan fingerprint density at radius 2 is 1.57 bits per heavy atom. The maximum atomic E-state index is 12.7. The minimum Gasteiger partial charge on any atom is -0.463 e. The van der Waals surface area contributed by atoms with Crippen molar-refractivity contribution in [1.29, 1.82) is 0 Å². The average Bonchev–Trinajstić information content (AvgIpc) is 2.85. The summed E-state index contributed by atoms with van der Waals surface area (Å²) in [6, 6.07) is 0. The highest BCUT2D eigenvalue weighted by Gasteiger charge is 2.63. The van der Waals surface area contributed by atoms with E-state index in [2.05, 4.69) is 13.8 Å². The number of ketones is 1. The van der Waals surface area contributed by atoms with Crippen molar-refractivity contribution in [2.45, 2.75) is 91.3 Å². The van der Waals surface area contributed by atoms with Gasteiger partial charge in [-0.1, -0.05) is 13.8 Å². The van der Waals surface area contributed by atoms with Crippen LogP contribution in [0.2, 0.25) is 0 Å². The van der Waals surface area contributed by atoms with Crippen molar-refractivity contribution in [3.05, 3.63) is 0 Å². The number of hydrogen-bond acceptors (Lipinski definition) is 5. The molecule has 4 aliphatic rings. The van der Waals surface area contributed by atoms with Crippen LogP contribution < -0.4 is 0 Å². The van der Waals surface area contributed by atoms with E-state index in [0.717, 1.165) is 44.9 Å². The standard InChI is InChI=1S/C23H34O5/c1-13(24)27-16-7-9-22(3)15(11-16)5-6-17-18(22)8-10-23(4)19(17)12-20(26)21(23)28-14(2)25/h15-19,21H,5-12H2,1-4H3/t15-,16+,17+,18+,19+,21+,22-,23-/m0/s1. The molecule has 0 amide bonds. The number of hydrogen-bond donors (Lipinski definition) is 0. The monoisotopic (exact) mass is 390 g/mol. The molecule has 8 atom stereocenters. The minimum absolute atomic E-state index is 0.0717. The Morgan fingerprint density at radius 1 is 0.893 bits per heavy atom. The molecule has 4 saturated carbocycles. The van der Waals surface area contributed by atoms with E-state index in [1.54, 1.807) is 0 Å². The van der Waals surface area contributed by atoms with E-state index in [4.69, 9.17) is 9.47 Å². The molecule has 0 aromatic rings. The highest BCUT2D eigenvalue weighted by molar-refractivity contribution is 5.89. The third kappa shape index (κ3) is 3.00. The number of carbonyl (C=O) groups is 3. The van der Waals surface area contributed by atoms with Crippen LogP contribution in [0.25, 0.3) is 0 Å². The lowest BCUT2D eigenvalue weighted by Gasteiger charge is -2.60. The molecule has 0 aromatic carbocycles. The van der Waals surface area contributed by atoms with Gasteiger partial charge in [0.05, 0.1) is 0 Å². The fraction of sp³-hybridized carbons (Fsp3) is 0.870. The summed E-state index contributed by atoms with van der Waals surface area (Å²) in [7, 11) is 0. The number of fused-ring (bicyclic) bond motifs is 5. The fourth-order valence-corrected chi connectivity index (χ4v) is 7.68. The van der Waals surface area contributed by atoms with Gasteiger partial charge in [-0.15, -0.1) is 0 Å². The lowest BCUT2D eigenvalue weighted by Crippen LogP contribution is -2.55. The van der Waals surface area contributed by atoms with Crippen LogP contribution in [-0.2, 0) is 23.9 Å². The number of ether oxygens (including phenoxy) is 2. The van der Waals surface area contributed by atoms with E-state index in [1.165, 1.54) is 13.8 Å². The van der Waals surface area contributed by atoms with Crippen LogP contribution in [0, 0.1) is 34.5 Å². The summed E-state index contributed by atoms with van der Waals surface area (Å²) < 4.78 is 11.1. The molecule has 0 saturated heterocycles. The zero-order valence-electron chi connectivity index (χ0n) is 17.7. The van der Waals surface area contributed by atoms with Gasteiger partial charge < -0.3 is 9.47 Å². The lowest BCUT2D eigenvalue weighted by molar-refractivity contribution is -0.169. The Balaban J connectivity index is 1.54. The highest BCUT2D eigenvalue weighted by atomic mass is 16.5. The summed E-state index contributed by atoms with van der Waals surface area (Å²) >= 11 is 0. The van der Waals surface area contributed by atoms with Gasteiger partial charge >= 0.3 is 11.9 Å². The molecule has 28 heavy (non-hydrogen) atoms. The van der Waals surface area contributed by atoms with Gasteiger partial charge in [0.25, 0.3) is 0 Å². The summed E-state index contributed by atoms with van der Waals surface area (Å²) in [6.07, 6.45) is 7.46. The van der Waals surface area contributed by atoms with Gasteiger partial charge in [0.15, 0.2) is 11.9 Å². The molecule has 4 aliphatic carbocycles. The molecule has 0 spiro atoms. The predicted octanol–water partition coefficient (Wildman–Crippen LogP) is 4.07. The van der Waals surface area contributed by atoms with Crippen molar-refractivity contribution < 1.29 is 23.9 Å². The maximum absolute atomic E-state index is 12.7. The molecule has 4 rings (SSSR count). The first-order valence-electron chi connectivity index (χ1n) is 11.0. The van der Waals surface area contributed by atoms with Crippen molar-refractivity contribution >= 4 is 17.7 Å². The molecule has 0 radical (unpaired) electrons. The maximum Gasteiger partial charge on any atom is 0.303 e. The van der Waals surface area contributed by atoms with Gasteiger partial charge in [0.2, 0.25) is 0 Å². The Morgan fingerprint density at radius 3 is 2.25 bits per heavy atom. The molecule has 5 nitrogen and oxygen atoms in total. The quantitative estimate of drug-likeness (QED) is 0.665. The Labute approximate surface area is 167 Å². The summed E-state index contributed by atoms with van der Waals surface area (Å²) in [5, 5.41) is 0. The second-order valence-corrected chi connectivity index (χ2v) is 10.4. The van der Waals surface area contributed by atoms with Gasteiger partial charge in [-0.25, -0.2) is 0 Å². The van der Waals surface area contributed by atoms with Crippen molar-refractivity contribution in [3.8, 4) is 0 Å². The molecule has 0 aliphatic heterocycles. The van der Waals surface area contributed by atoms with Gasteiger partial charge in [-0.2, -0.15) is 0 Å². The van der Waals surface area contributed by atoms with Crippen LogP contribution in [-0.4, -0.2) is 29.9 Å². The zero-order chi connectivity index (χ0) is 20.3. The molecule has 0 aromatic heterocycles. The fourth-order valence-electron chi connectivity index (χ4n) is 7.68. The third-order valence-corrected chi connectivity index (χ3v) is 8.98. The number of carbonyl (C=O) groups excluding carboxylic acids is 3. The Bertz CT molecular complexity index is 686. The Kier molecular flexibility index (Phi) is 4.86. The van der Waals surface area contributed by atoms with Gasteiger partial charge in [0.1, 0.15) is 6.10 Å². The molecule has 0 N–H and O–H groups in total. The number of Topliss-reactive ketones (excluding diaryl/α,β-unsaturated/α-hetero) is 1. The molecule has 0 bridgehead atoms. The summed E-state index contributed by atoms with van der Waals surface area (Å²) in [5.74, 6) is 1.68. The molecule has 4 fully saturated rings. The van der Waals surface area contributed by atoms with Crippen LogP contribution in [0.3, 0.4) is 0 Å². The third-order valence-electron chi connectivity index (χ3n) is 8.98. The summed E-state index contributed by atoms with van der Waals surface area (Å²) in [6.45, 7) is 7.53. The van der Waals surface area contributed by atoms with Crippen LogP contribution in [0.15, 0.2) is 0 Å². The van der Waals surface area contributed by atoms with Crippen molar-refractivity contribution in [2.24, 2.45) is 34.5 Å². The molecule has 0 heterocycles. The summed E-state index contributed by atoms with van der Waals surface area (Å²) in [4.78, 5) is 35.7. The number of esters is 2. The average molecular weight is 391 g/mol. The van der Waals surface area contributed by atoms with E-state index in [-0.39, 0.29) is 34.7 Å². The molecule has 156 valence electrons. The minimum atomic E-state index is -0.554. The van der Waals surface area contributed by atoms with E-state index >= 15 is 0 Å². The second-order valence-electron chi connectivity index (χ2n) is 10.4. The first kappa shape index (κ1) is 19.9. The smallest absolute Gasteiger partial charge is 0.303 e. The predicted molar refractivity (Wildman–Crippen MR) is 103 cm³/mol. The molecular weight excluding hydrogens is 356 g/mol. The normalized spacial score (nSPS) is 47.5.